The molecule has 2 aromatic heterocycles. The van der Waals surface area contributed by atoms with E-state index in [2.05, 4.69) is 15.0 Å². The van der Waals surface area contributed by atoms with Crippen molar-refractivity contribution in [3.8, 4) is 11.4 Å². The van der Waals surface area contributed by atoms with Crippen molar-refractivity contribution in [3.63, 3.8) is 0 Å². The lowest BCUT2D eigenvalue weighted by Gasteiger charge is -1.98. The Morgan fingerprint density at radius 2 is 2.05 bits per heavy atom. The summed E-state index contributed by atoms with van der Waals surface area (Å²) in [7, 11) is -3.34. The summed E-state index contributed by atoms with van der Waals surface area (Å²) in [4.78, 5) is 11.5. The first-order valence-electron chi connectivity index (χ1n) is 5.75. The average molecular weight is 308 g/mol. The fourth-order valence-corrected chi connectivity index (χ4v) is 3.04. The molecular weight excluding hydrogens is 298 g/mol. The van der Waals surface area contributed by atoms with Crippen LogP contribution < -0.4 is 0 Å². The number of nitrogens with one attached hydrogen (secondary N) is 1. The van der Waals surface area contributed by atoms with Gasteiger partial charge in [-0.3, -0.25) is 4.98 Å². The normalized spacial score (nSPS) is 11.9. The van der Waals surface area contributed by atoms with Crippen LogP contribution in [0.1, 0.15) is 0 Å². The van der Waals surface area contributed by atoms with Gasteiger partial charge < -0.3 is 4.98 Å². The predicted molar refractivity (Wildman–Crippen MR) is 77.4 cm³/mol. The molecule has 1 aromatic carbocycles. The van der Waals surface area contributed by atoms with E-state index in [1.165, 1.54) is 12.3 Å². The molecule has 20 heavy (non-hydrogen) atoms. The first kappa shape index (κ1) is 13.1. The molecule has 0 radical (unpaired) electrons. The number of aromatic nitrogens is 3. The van der Waals surface area contributed by atoms with Crippen molar-refractivity contribution < 1.29 is 8.42 Å². The number of halogens is 1. The summed E-state index contributed by atoms with van der Waals surface area (Å²) in [5.74, 6) is 0.517. The van der Waals surface area contributed by atoms with E-state index >= 15 is 0 Å². The Labute approximate surface area is 120 Å². The molecule has 0 aliphatic carbocycles. The van der Waals surface area contributed by atoms with Crippen molar-refractivity contribution in [1.29, 1.82) is 0 Å². The Morgan fingerprint density at radius 1 is 1.25 bits per heavy atom. The Bertz CT molecular complexity index is 903. The number of sulfone groups is 1. The van der Waals surface area contributed by atoms with Gasteiger partial charge in [0.1, 0.15) is 11.3 Å². The van der Waals surface area contributed by atoms with Crippen LogP contribution >= 0.6 is 11.6 Å². The van der Waals surface area contributed by atoms with E-state index in [1.54, 1.807) is 24.4 Å². The molecule has 3 aromatic rings. The second-order valence-electron chi connectivity index (χ2n) is 4.37. The fourth-order valence-electron chi connectivity index (χ4n) is 2.00. The van der Waals surface area contributed by atoms with Gasteiger partial charge in [-0.15, -0.1) is 0 Å². The van der Waals surface area contributed by atoms with Crippen molar-refractivity contribution in [2.24, 2.45) is 0 Å². The second-order valence-corrected chi connectivity index (χ2v) is 6.76. The van der Waals surface area contributed by atoms with Crippen LogP contribution in [-0.2, 0) is 9.84 Å². The van der Waals surface area contributed by atoms with Crippen LogP contribution in [0.5, 0.6) is 0 Å². The molecule has 0 bridgehead atoms. The van der Waals surface area contributed by atoms with Gasteiger partial charge in [0, 0.05) is 24.2 Å². The minimum absolute atomic E-state index is 0.197. The van der Waals surface area contributed by atoms with E-state index in [4.69, 9.17) is 11.6 Å². The smallest absolute Gasteiger partial charge is 0.177 e. The van der Waals surface area contributed by atoms with E-state index in [0.717, 1.165) is 6.26 Å². The van der Waals surface area contributed by atoms with E-state index in [-0.39, 0.29) is 4.90 Å². The highest BCUT2D eigenvalue weighted by Gasteiger charge is 2.16. The van der Waals surface area contributed by atoms with Crippen molar-refractivity contribution in [1.82, 2.24) is 15.0 Å². The molecule has 0 saturated carbocycles. The Balaban J connectivity index is 2.30. The lowest BCUT2D eigenvalue weighted by atomic mass is 10.2. The van der Waals surface area contributed by atoms with Crippen LogP contribution in [0.25, 0.3) is 22.4 Å². The predicted octanol–water partition coefficient (Wildman–Crippen LogP) is 2.68. The van der Waals surface area contributed by atoms with Gasteiger partial charge in [-0.1, -0.05) is 17.7 Å². The molecular formula is C13H10ClN3O2S. The second kappa shape index (κ2) is 4.57. The highest BCUT2D eigenvalue weighted by atomic mass is 35.5. The van der Waals surface area contributed by atoms with Gasteiger partial charge in [-0.05, 0) is 18.2 Å². The molecule has 0 aliphatic heterocycles. The highest BCUT2D eigenvalue weighted by molar-refractivity contribution is 7.91. The SMILES string of the molecule is CS(=O)(=O)c1cccc2[nH]c(-c3ccncc3Cl)nc12. The van der Waals surface area contributed by atoms with Gasteiger partial charge in [0.2, 0.25) is 0 Å². The molecule has 0 fully saturated rings. The maximum absolute atomic E-state index is 11.8. The number of H-pyrrole nitrogens is 1. The third-order valence-corrected chi connectivity index (χ3v) is 4.33. The van der Waals surface area contributed by atoms with Crippen LogP contribution in [0.3, 0.4) is 0 Å². The van der Waals surface area contributed by atoms with E-state index < -0.39 is 9.84 Å². The van der Waals surface area contributed by atoms with Gasteiger partial charge in [-0.25, -0.2) is 13.4 Å². The number of hydrogen-bond acceptors (Lipinski definition) is 4. The maximum atomic E-state index is 11.8. The third-order valence-electron chi connectivity index (χ3n) is 2.90. The van der Waals surface area contributed by atoms with Crippen molar-refractivity contribution in [2.75, 3.05) is 6.26 Å². The molecule has 0 atom stereocenters. The summed E-state index contributed by atoms with van der Waals surface area (Å²) in [6.45, 7) is 0. The molecule has 0 amide bonds. The molecule has 2 heterocycles. The van der Waals surface area contributed by atoms with Crippen molar-refractivity contribution in [3.05, 3.63) is 41.7 Å². The summed E-state index contributed by atoms with van der Waals surface area (Å²) in [6, 6.07) is 6.71. The highest BCUT2D eigenvalue weighted by Crippen LogP contribution is 2.28. The maximum Gasteiger partial charge on any atom is 0.177 e. The van der Waals surface area contributed by atoms with Gasteiger partial charge in [0.05, 0.1) is 15.4 Å². The number of fused-ring (bicyclic) bond motifs is 1. The summed E-state index contributed by atoms with van der Waals surface area (Å²) < 4.78 is 23.5. The number of hydrogen-bond donors (Lipinski definition) is 1. The van der Waals surface area contributed by atoms with Crippen molar-refractivity contribution >= 4 is 32.5 Å². The molecule has 5 nitrogen and oxygen atoms in total. The monoisotopic (exact) mass is 307 g/mol. The Morgan fingerprint density at radius 3 is 2.75 bits per heavy atom. The molecule has 1 N–H and O–H groups in total. The third kappa shape index (κ3) is 2.17. The summed E-state index contributed by atoms with van der Waals surface area (Å²) in [5.41, 5.74) is 1.74. The standard InChI is InChI=1S/C13H10ClN3O2S/c1-20(18,19)11-4-2-3-10-12(11)17-13(16-10)8-5-6-15-7-9(8)14/h2-7H,1H3,(H,16,17). The number of rotatable bonds is 2. The molecule has 3 rings (SSSR count). The molecule has 7 heteroatoms. The number of para-hydroxylation sites is 1. The molecule has 0 aliphatic rings. The number of imidazole rings is 1. The molecule has 0 saturated heterocycles. The zero-order valence-corrected chi connectivity index (χ0v) is 12.0. The van der Waals surface area contributed by atoms with Gasteiger partial charge >= 0.3 is 0 Å². The van der Waals surface area contributed by atoms with E-state index in [0.29, 0.717) is 27.4 Å². The lowest BCUT2D eigenvalue weighted by molar-refractivity contribution is 0.602. The average Bonchev–Trinajstić information content (AvgIpc) is 2.81. The first-order valence-corrected chi connectivity index (χ1v) is 8.02. The van der Waals surface area contributed by atoms with Gasteiger partial charge in [-0.2, -0.15) is 0 Å². The Hall–Kier alpha value is -1.92. The van der Waals surface area contributed by atoms with Crippen LogP contribution in [0.4, 0.5) is 0 Å². The molecule has 0 spiro atoms. The number of nitrogens with zero attached hydrogens (tertiary/aromatic N) is 2. The van der Waals surface area contributed by atoms with Crippen LogP contribution in [0.2, 0.25) is 5.02 Å². The van der Waals surface area contributed by atoms with Crippen LogP contribution in [0.15, 0.2) is 41.6 Å². The van der Waals surface area contributed by atoms with Crippen LogP contribution in [-0.4, -0.2) is 29.6 Å². The van der Waals surface area contributed by atoms with Gasteiger partial charge in [0.25, 0.3) is 0 Å². The zero-order valence-electron chi connectivity index (χ0n) is 10.5. The summed E-state index contributed by atoms with van der Waals surface area (Å²) >= 11 is 6.08. The Kier molecular flexibility index (Phi) is 2.99. The van der Waals surface area contributed by atoms with Crippen molar-refractivity contribution in [2.45, 2.75) is 4.90 Å². The molecule has 102 valence electrons. The van der Waals surface area contributed by atoms with Crippen LogP contribution in [0, 0.1) is 0 Å². The number of aromatic amines is 1. The number of pyridine rings is 1. The largest absolute Gasteiger partial charge is 0.338 e. The minimum Gasteiger partial charge on any atom is -0.338 e. The summed E-state index contributed by atoms with van der Waals surface area (Å²) in [5, 5.41) is 0.451. The number of benzene rings is 1. The van der Waals surface area contributed by atoms with E-state index in [1.807, 2.05) is 0 Å². The fraction of sp³-hybridized carbons (Fsp3) is 0.0769. The van der Waals surface area contributed by atoms with Gasteiger partial charge in [0.15, 0.2) is 9.84 Å². The topological polar surface area (TPSA) is 75.7 Å². The quantitative estimate of drug-likeness (QED) is 0.789. The first-order chi connectivity index (χ1) is 9.47. The minimum atomic E-state index is -3.34. The summed E-state index contributed by atoms with van der Waals surface area (Å²) in [6.07, 6.45) is 4.28. The lowest BCUT2D eigenvalue weighted by Crippen LogP contribution is -1.97. The molecule has 0 unspecified atom stereocenters. The van der Waals surface area contributed by atoms with E-state index in [9.17, 15) is 8.42 Å². The zero-order chi connectivity index (χ0) is 14.3.